The first-order valence-electron chi connectivity index (χ1n) is 9.03. The molecular formula is C21H21N5O3. The standard InChI is InChI=1S/C21H21N5O3/c1-14-11-15(2)25(24-14)13-17-5-4-6-19(12-17)21(27)23-22-16(3)18-7-9-20(10-8-18)26(28)29/h4-12H,13H2,1-3H3,(H,23,27)/b22-16+. The van der Waals surface area contributed by atoms with Gasteiger partial charge in [0.05, 0.1) is 22.9 Å². The third-order valence-electron chi connectivity index (χ3n) is 4.45. The van der Waals surface area contributed by atoms with Gasteiger partial charge in [-0.25, -0.2) is 5.43 Å². The molecule has 3 rings (SSSR count). The number of aryl methyl sites for hydroxylation is 2. The molecule has 0 saturated heterocycles. The van der Waals surface area contributed by atoms with Crippen LogP contribution in [0.5, 0.6) is 0 Å². The van der Waals surface area contributed by atoms with E-state index >= 15 is 0 Å². The molecule has 1 amide bonds. The van der Waals surface area contributed by atoms with Crippen molar-refractivity contribution in [3.8, 4) is 0 Å². The second kappa shape index (κ2) is 8.47. The summed E-state index contributed by atoms with van der Waals surface area (Å²) in [7, 11) is 0. The molecule has 148 valence electrons. The topological polar surface area (TPSA) is 102 Å². The Kier molecular flexibility index (Phi) is 5.82. The number of aromatic nitrogens is 2. The van der Waals surface area contributed by atoms with E-state index in [0.717, 1.165) is 17.0 Å². The lowest BCUT2D eigenvalue weighted by atomic mass is 10.1. The van der Waals surface area contributed by atoms with Gasteiger partial charge in [0.25, 0.3) is 11.6 Å². The summed E-state index contributed by atoms with van der Waals surface area (Å²) in [6.45, 7) is 6.23. The molecule has 1 aromatic heterocycles. The lowest BCUT2D eigenvalue weighted by Gasteiger charge is -2.07. The highest BCUT2D eigenvalue weighted by Gasteiger charge is 2.09. The number of hydrazone groups is 1. The third kappa shape index (κ3) is 4.92. The number of non-ortho nitro benzene ring substituents is 1. The van der Waals surface area contributed by atoms with Gasteiger partial charge in [0.2, 0.25) is 0 Å². The highest BCUT2D eigenvalue weighted by Crippen LogP contribution is 2.13. The molecule has 0 radical (unpaired) electrons. The van der Waals surface area contributed by atoms with Gasteiger partial charge in [-0.05, 0) is 62.2 Å². The highest BCUT2D eigenvalue weighted by molar-refractivity contribution is 6.01. The van der Waals surface area contributed by atoms with Crippen molar-refractivity contribution in [1.82, 2.24) is 15.2 Å². The van der Waals surface area contributed by atoms with Crippen molar-refractivity contribution >= 4 is 17.3 Å². The first-order chi connectivity index (χ1) is 13.8. The lowest BCUT2D eigenvalue weighted by Crippen LogP contribution is -2.19. The number of hydrogen-bond donors (Lipinski definition) is 1. The SMILES string of the molecule is C/C(=N\NC(=O)c1cccc(Cn2nc(C)cc2C)c1)c1ccc([N+](=O)[O-])cc1. The summed E-state index contributed by atoms with van der Waals surface area (Å²) in [4.78, 5) is 22.7. The number of carbonyl (C=O) groups is 1. The fourth-order valence-corrected chi connectivity index (χ4v) is 2.91. The molecule has 0 unspecified atom stereocenters. The quantitative estimate of drug-likeness (QED) is 0.394. The zero-order valence-electron chi connectivity index (χ0n) is 16.4. The smallest absolute Gasteiger partial charge is 0.267 e. The Morgan fingerprint density at radius 2 is 1.86 bits per heavy atom. The largest absolute Gasteiger partial charge is 0.271 e. The zero-order valence-corrected chi connectivity index (χ0v) is 16.4. The average molecular weight is 391 g/mol. The molecule has 8 heteroatoms. The van der Waals surface area contributed by atoms with E-state index < -0.39 is 4.92 Å². The van der Waals surface area contributed by atoms with Gasteiger partial charge in [-0.2, -0.15) is 10.2 Å². The first-order valence-corrected chi connectivity index (χ1v) is 9.03. The maximum absolute atomic E-state index is 12.5. The maximum Gasteiger partial charge on any atom is 0.271 e. The van der Waals surface area contributed by atoms with E-state index in [1.165, 1.54) is 12.1 Å². The Labute approximate surface area is 168 Å². The van der Waals surface area contributed by atoms with Crippen LogP contribution in [0.15, 0.2) is 59.7 Å². The molecule has 0 aliphatic heterocycles. The van der Waals surface area contributed by atoms with E-state index in [9.17, 15) is 14.9 Å². The molecule has 29 heavy (non-hydrogen) atoms. The van der Waals surface area contributed by atoms with Gasteiger partial charge in [-0.1, -0.05) is 12.1 Å². The van der Waals surface area contributed by atoms with E-state index in [2.05, 4.69) is 15.6 Å². The van der Waals surface area contributed by atoms with Crippen LogP contribution < -0.4 is 5.43 Å². The monoisotopic (exact) mass is 391 g/mol. The van der Waals surface area contributed by atoms with Gasteiger partial charge in [0, 0.05) is 23.4 Å². The van der Waals surface area contributed by atoms with Crippen molar-refractivity contribution in [3.05, 3.63) is 92.8 Å². The van der Waals surface area contributed by atoms with Crippen LogP contribution in [0, 0.1) is 24.0 Å². The Balaban J connectivity index is 1.69. The first kappa shape index (κ1) is 19.9. The number of carbonyl (C=O) groups excluding carboxylic acids is 1. The van der Waals surface area contributed by atoms with E-state index in [4.69, 9.17) is 0 Å². The van der Waals surface area contributed by atoms with E-state index in [-0.39, 0.29) is 11.6 Å². The fraction of sp³-hybridized carbons (Fsp3) is 0.190. The van der Waals surface area contributed by atoms with E-state index in [0.29, 0.717) is 23.4 Å². The second-order valence-corrected chi connectivity index (χ2v) is 6.73. The van der Waals surface area contributed by atoms with Crippen molar-refractivity contribution in [3.63, 3.8) is 0 Å². The van der Waals surface area contributed by atoms with Gasteiger partial charge in [0.1, 0.15) is 0 Å². The van der Waals surface area contributed by atoms with Crippen LogP contribution in [-0.4, -0.2) is 26.3 Å². The number of amides is 1. The summed E-state index contributed by atoms with van der Waals surface area (Å²) in [6, 6.07) is 15.3. The molecule has 0 atom stereocenters. The molecule has 3 aromatic rings. The van der Waals surface area contributed by atoms with Crippen molar-refractivity contribution in [1.29, 1.82) is 0 Å². The number of hydrogen-bond acceptors (Lipinski definition) is 5. The van der Waals surface area contributed by atoms with Crippen LogP contribution in [-0.2, 0) is 6.54 Å². The van der Waals surface area contributed by atoms with Crippen LogP contribution in [0.3, 0.4) is 0 Å². The summed E-state index contributed by atoms with van der Waals surface area (Å²) in [5.41, 5.74) is 7.23. The van der Waals surface area contributed by atoms with Crippen LogP contribution in [0.4, 0.5) is 5.69 Å². The molecule has 0 spiro atoms. The predicted octanol–water partition coefficient (Wildman–Crippen LogP) is 3.61. The molecule has 1 heterocycles. The Bertz CT molecular complexity index is 1080. The second-order valence-electron chi connectivity index (χ2n) is 6.73. The molecule has 1 N–H and O–H groups in total. The van der Waals surface area contributed by atoms with Gasteiger partial charge in [0.15, 0.2) is 0 Å². The van der Waals surface area contributed by atoms with Crippen LogP contribution in [0.1, 0.15) is 39.8 Å². The molecule has 8 nitrogen and oxygen atoms in total. The summed E-state index contributed by atoms with van der Waals surface area (Å²) >= 11 is 0. The number of rotatable bonds is 6. The number of nitro groups is 1. The van der Waals surface area contributed by atoms with Crippen molar-refractivity contribution in [2.24, 2.45) is 5.10 Å². The van der Waals surface area contributed by atoms with Crippen LogP contribution >= 0.6 is 0 Å². The molecular weight excluding hydrogens is 370 g/mol. The van der Waals surface area contributed by atoms with Crippen LogP contribution in [0.25, 0.3) is 0 Å². The summed E-state index contributed by atoms with van der Waals surface area (Å²) in [5.74, 6) is -0.332. The number of nitrogens with one attached hydrogen (secondary N) is 1. The molecule has 0 saturated carbocycles. The Morgan fingerprint density at radius 1 is 1.14 bits per heavy atom. The number of nitrogens with zero attached hydrogens (tertiary/aromatic N) is 4. The van der Waals surface area contributed by atoms with Gasteiger partial charge < -0.3 is 0 Å². The Morgan fingerprint density at radius 3 is 2.48 bits per heavy atom. The van der Waals surface area contributed by atoms with E-state index in [1.54, 1.807) is 25.1 Å². The van der Waals surface area contributed by atoms with Gasteiger partial charge in [-0.3, -0.25) is 19.6 Å². The van der Waals surface area contributed by atoms with Crippen molar-refractivity contribution in [2.75, 3.05) is 0 Å². The van der Waals surface area contributed by atoms with Gasteiger partial charge in [-0.15, -0.1) is 0 Å². The summed E-state index contributed by atoms with van der Waals surface area (Å²) in [6.07, 6.45) is 0. The summed E-state index contributed by atoms with van der Waals surface area (Å²) in [5, 5.41) is 19.3. The number of benzene rings is 2. The van der Waals surface area contributed by atoms with Crippen molar-refractivity contribution < 1.29 is 9.72 Å². The Hall–Kier alpha value is -3.81. The zero-order chi connectivity index (χ0) is 21.0. The maximum atomic E-state index is 12.5. The molecule has 0 aliphatic carbocycles. The molecule has 0 fully saturated rings. The van der Waals surface area contributed by atoms with Crippen LogP contribution in [0.2, 0.25) is 0 Å². The molecule has 0 aliphatic rings. The fourth-order valence-electron chi connectivity index (χ4n) is 2.91. The minimum absolute atomic E-state index is 0.00464. The summed E-state index contributed by atoms with van der Waals surface area (Å²) < 4.78 is 1.89. The highest BCUT2D eigenvalue weighted by atomic mass is 16.6. The minimum atomic E-state index is -0.461. The normalized spacial score (nSPS) is 11.3. The number of nitro benzene ring substituents is 1. The van der Waals surface area contributed by atoms with Gasteiger partial charge >= 0.3 is 0 Å². The molecule has 2 aromatic carbocycles. The minimum Gasteiger partial charge on any atom is -0.267 e. The lowest BCUT2D eigenvalue weighted by molar-refractivity contribution is -0.384. The van der Waals surface area contributed by atoms with Crippen molar-refractivity contribution in [2.45, 2.75) is 27.3 Å². The predicted molar refractivity (Wildman–Crippen MR) is 110 cm³/mol. The molecule has 0 bridgehead atoms. The van der Waals surface area contributed by atoms with E-state index in [1.807, 2.05) is 42.8 Å². The third-order valence-corrected chi connectivity index (χ3v) is 4.45. The average Bonchev–Trinajstić information content (AvgIpc) is 3.02.